The monoisotopic (exact) mass is 1000 g/mol. The first-order valence-electron chi connectivity index (χ1n) is 28.3. The molecule has 6 atom stereocenters. The summed E-state index contributed by atoms with van der Waals surface area (Å²) in [5, 5.41) is 31.4. The van der Waals surface area contributed by atoms with E-state index in [9.17, 15) is 34.5 Å². The van der Waals surface area contributed by atoms with E-state index in [0.717, 1.165) is 109 Å². The van der Waals surface area contributed by atoms with Gasteiger partial charge in [-0.25, -0.2) is 4.79 Å². The topological polar surface area (TPSA) is 175 Å². The highest BCUT2D eigenvalue weighted by Crippen LogP contribution is 2.26. The van der Waals surface area contributed by atoms with Crippen LogP contribution in [0, 0.1) is 0 Å². The average Bonchev–Trinajstić information content (AvgIpc) is 3.35. The van der Waals surface area contributed by atoms with Gasteiger partial charge in [0.1, 0.15) is 18.8 Å². The number of carbonyl (C=O) groups is 4. The Hall–Kier alpha value is -3.58. The van der Waals surface area contributed by atoms with Crippen molar-refractivity contribution in [3.05, 3.63) is 60.8 Å². The molecule has 1 aliphatic rings. The zero-order chi connectivity index (χ0) is 51.8. The van der Waals surface area contributed by atoms with Crippen LogP contribution in [0.4, 0.5) is 0 Å². The van der Waals surface area contributed by atoms with E-state index in [1.807, 2.05) is 0 Å². The molecule has 0 radical (unpaired) electrons. The summed E-state index contributed by atoms with van der Waals surface area (Å²) in [7, 11) is 0. The van der Waals surface area contributed by atoms with Gasteiger partial charge in [0.25, 0.3) is 0 Å². The summed E-state index contributed by atoms with van der Waals surface area (Å²) in [5.74, 6) is -3.17. The first-order valence-corrected chi connectivity index (χ1v) is 28.3. The fraction of sp³-hybridized carbons (Fsp3) is 0.763. The molecule has 0 aromatic rings. The minimum Gasteiger partial charge on any atom is -0.479 e. The highest BCUT2D eigenvalue weighted by molar-refractivity contribution is 5.74. The number of carbonyl (C=O) groups excluding carboxylic acids is 3. The van der Waals surface area contributed by atoms with Gasteiger partial charge in [-0.15, -0.1) is 0 Å². The summed E-state index contributed by atoms with van der Waals surface area (Å²) in [6.45, 7) is 5.78. The summed E-state index contributed by atoms with van der Waals surface area (Å²) < 4.78 is 28.3. The van der Waals surface area contributed by atoms with Gasteiger partial charge >= 0.3 is 23.9 Å². The van der Waals surface area contributed by atoms with E-state index in [0.29, 0.717) is 19.3 Å². The lowest BCUT2D eigenvalue weighted by Crippen LogP contribution is -2.61. The van der Waals surface area contributed by atoms with Crippen molar-refractivity contribution in [3.8, 4) is 0 Å². The fourth-order valence-electron chi connectivity index (χ4n) is 8.24. The van der Waals surface area contributed by atoms with E-state index in [2.05, 4.69) is 81.5 Å². The van der Waals surface area contributed by atoms with Gasteiger partial charge in [0, 0.05) is 19.3 Å². The van der Waals surface area contributed by atoms with Crippen molar-refractivity contribution in [2.75, 3.05) is 13.2 Å². The number of carboxylic acid groups (broad SMARTS) is 1. The van der Waals surface area contributed by atoms with Gasteiger partial charge in [0.15, 0.2) is 24.6 Å². The third-order valence-corrected chi connectivity index (χ3v) is 12.6. The highest BCUT2D eigenvalue weighted by atomic mass is 16.7. The van der Waals surface area contributed by atoms with Crippen LogP contribution >= 0.6 is 0 Å². The summed E-state index contributed by atoms with van der Waals surface area (Å²) in [5.41, 5.74) is 0. The van der Waals surface area contributed by atoms with Crippen LogP contribution in [0.25, 0.3) is 0 Å². The van der Waals surface area contributed by atoms with Crippen molar-refractivity contribution in [1.82, 2.24) is 0 Å². The van der Waals surface area contributed by atoms with Crippen molar-refractivity contribution in [2.45, 2.75) is 276 Å². The van der Waals surface area contributed by atoms with Crippen molar-refractivity contribution in [2.24, 2.45) is 0 Å². The first kappa shape index (κ1) is 65.4. The Morgan fingerprint density at radius 1 is 0.479 bits per heavy atom. The molecule has 1 rings (SSSR count). The summed E-state index contributed by atoms with van der Waals surface area (Å²) in [6, 6.07) is 0. The van der Waals surface area contributed by atoms with E-state index >= 15 is 0 Å². The normalized spacial score (nSPS) is 18.9. The lowest BCUT2D eigenvalue weighted by atomic mass is 9.98. The molecule has 12 heteroatoms. The Morgan fingerprint density at radius 2 is 0.915 bits per heavy atom. The number of aliphatic carboxylic acids is 1. The smallest absolute Gasteiger partial charge is 0.335 e. The number of rotatable bonds is 47. The molecule has 1 saturated heterocycles. The molecule has 0 spiro atoms. The summed E-state index contributed by atoms with van der Waals surface area (Å²) in [6.07, 6.45) is 44.9. The predicted octanol–water partition coefficient (Wildman–Crippen LogP) is 14.0. The van der Waals surface area contributed by atoms with Crippen LogP contribution in [-0.2, 0) is 42.9 Å². The zero-order valence-electron chi connectivity index (χ0n) is 44.7. The largest absolute Gasteiger partial charge is 0.479 e. The van der Waals surface area contributed by atoms with Crippen LogP contribution in [0.3, 0.4) is 0 Å². The molecular weight excluding hydrogens is 901 g/mol. The maximum Gasteiger partial charge on any atom is 0.335 e. The van der Waals surface area contributed by atoms with E-state index in [-0.39, 0.29) is 25.9 Å². The molecule has 1 fully saturated rings. The van der Waals surface area contributed by atoms with Crippen molar-refractivity contribution >= 4 is 23.9 Å². The van der Waals surface area contributed by atoms with Crippen LogP contribution < -0.4 is 0 Å². The maximum absolute atomic E-state index is 13.1. The predicted molar refractivity (Wildman–Crippen MR) is 285 cm³/mol. The van der Waals surface area contributed by atoms with Gasteiger partial charge in [0.2, 0.25) is 0 Å². The third kappa shape index (κ3) is 37.8. The van der Waals surface area contributed by atoms with Gasteiger partial charge < -0.3 is 39.0 Å². The van der Waals surface area contributed by atoms with E-state index in [4.69, 9.17) is 23.7 Å². The molecule has 1 heterocycles. The number of hydrogen-bond acceptors (Lipinski definition) is 11. The Balaban J connectivity index is 2.72. The Labute approximate surface area is 430 Å². The molecule has 0 aliphatic carbocycles. The average molecular weight is 1000 g/mol. The lowest BCUT2D eigenvalue weighted by molar-refractivity contribution is -0.301. The standard InChI is InChI=1S/C59H100O12/c1-4-7-10-13-16-19-22-25-26-29-30-33-36-39-42-45-51(60)67-48-50(69-52(61)46-43-40-37-34-31-27-23-20-17-14-11-8-5-2)49-68-59-57(55(64)54(63)56(71-59)58(65)66)70-53(62)47-44-41-38-35-32-28-24-21-18-15-12-9-6-3/h8,11-12,15,17,20-21,24,27,31,50,54-57,59,63-64H,4-7,9-10,13-14,16,18-19,22-23,25-26,28-30,32-49H2,1-3H3,(H,65,66)/b11-8-,15-12-,20-17-,24-21-,31-27-. The molecule has 3 N–H and O–H groups in total. The van der Waals surface area contributed by atoms with E-state index in [1.165, 1.54) is 70.6 Å². The van der Waals surface area contributed by atoms with Crippen LogP contribution in [0.5, 0.6) is 0 Å². The summed E-state index contributed by atoms with van der Waals surface area (Å²) in [4.78, 5) is 51.0. The Kier molecular flexibility index (Phi) is 43.7. The van der Waals surface area contributed by atoms with Crippen LogP contribution in [0.2, 0.25) is 0 Å². The van der Waals surface area contributed by atoms with Crippen LogP contribution in [0.1, 0.15) is 239 Å². The fourth-order valence-corrected chi connectivity index (χ4v) is 8.24. The molecule has 0 aromatic heterocycles. The number of esters is 3. The molecule has 6 unspecified atom stereocenters. The van der Waals surface area contributed by atoms with Crippen molar-refractivity contribution in [3.63, 3.8) is 0 Å². The number of ether oxygens (including phenoxy) is 5. The molecule has 1 aliphatic heterocycles. The Morgan fingerprint density at radius 3 is 1.42 bits per heavy atom. The Bertz CT molecular complexity index is 1470. The molecule has 12 nitrogen and oxygen atoms in total. The SMILES string of the molecule is CC/C=C\C/C=C\C/C=C\CCCCCC(=O)OC(COC(=O)CCCCCCCCCCCCCCCCC)COC1OC(C(=O)O)C(O)C(O)C1OC(=O)CCCCCCC/C=C\C/C=C\CCC. The second kappa shape index (κ2) is 47.4. The highest BCUT2D eigenvalue weighted by Gasteiger charge is 2.50. The maximum atomic E-state index is 13.1. The number of aliphatic hydroxyl groups is 2. The van der Waals surface area contributed by atoms with Gasteiger partial charge in [0.05, 0.1) is 6.61 Å². The number of allylic oxidation sites excluding steroid dienone is 10. The number of unbranched alkanes of at least 4 members (excludes halogenated alkanes) is 23. The van der Waals surface area contributed by atoms with Crippen molar-refractivity contribution in [1.29, 1.82) is 0 Å². The van der Waals surface area contributed by atoms with Gasteiger partial charge in [-0.3, -0.25) is 14.4 Å². The second-order valence-corrected chi connectivity index (χ2v) is 19.2. The minimum absolute atomic E-state index is 0.0404. The molecule has 0 bridgehead atoms. The number of aliphatic hydroxyl groups excluding tert-OH is 2. The number of hydrogen-bond donors (Lipinski definition) is 3. The van der Waals surface area contributed by atoms with Crippen LogP contribution in [-0.4, -0.2) is 89.2 Å². The molecule has 408 valence electrons. The van der Waals surface area contributed by atoms with Gasteiger partial charge in [-0.2, -0.15) is 0 Å². The quantitative estimate of drug-likeness (QED) is 0.0228. The van der Waals surface area contributed by atoms with Gasteiger partial charge in [-0.05, 0) is 77.0 Å². The molecule has 0 aromatic carbocycles. The molecule has 0 saturated carbocycles. The lowest BCUT2D eigenvalue weighted by Gasteiger charge is -2.40. The molecular formula is C59H100O12. The van der Waals surface area contributed by atoms with E-state index in [1.54, 1.807) is 0 Å². The van der Waals surface area contributed by atoms with Crippen molar-refractivity contribution < 1.29 is 58.2 Å². The number of carboxylic acids is 1. The van der Waals surface area contributed by atoms with E-state index < -0.39 is 67.3 Å². The first-order chi connectivity index (χ1) is 34.6. The summed E-state index contributed by atoms with van der Waals surface area (Å²) >= 11 is 0. The third-order valence-electron chi connectivity index (χ3n) is 12.6. The molecule has 0 amide bonds. The van der Waals surface area contributed by atoms with Gasteiger partial charge in [-0.1, -0.05) is 204 Å². The minimum atomic E-state index is -1.91. The molecule has 71 heavy (non-hydrogen) atoms. The zero-order valence-corrected chi connectivity index (χ0v) is 44.7. The second-order valence-electron chi connectivity index (χ2n) is 19.2. The van der Waals surface area contributed by atoms with Crippen LogP contribution in [0.15, 0.2) is 60.8 Å².